The van der Waals surface area contributed by atoms with Gasteiger partial charge in [-0.05, 0) is 62.8 Å². The molecule has 2 fully saturated rings. The van der Waals surface area contributed by atoms with Gasteiger partial charge in [-0.2, -0.15) is 0 Å². The maximum Gasteiger partial charge on any atom is 0.258 e. The van der Waals surface area contributed by atoms with Crippen molar-refractivity contribution in [2.45, 2.75) is 51.5 Å². The van der Waals surface area contributed by atoms with Crippen LogP contribution in [0.5, 0.6) is 0 Å². The van der Waals surface area contributed by atoms with Crippen molar-refractivity contribution >= 4 is 23.2 Å². The number of benzene rings is 1. The van der Waals surface area contributed by atoms with Crippen molar-refractivity contribution in [2.24, 2.45) is 0 Å². The zero-order valence-corrected chi connectivity index (χ0v) is 16.6. The number of hydrogen-bond acceptors (Lipinski definition) is 5. The molecule has 148 valence electrons. The fourth-order valence-corrected chi connectivity index (χ4v) is 4.21. The van der Waals surface area contributed by atoms with E-state index in [-0.39, 0.29) is 5.91 Å². The summed E-state index contributed by atoms with van der Waals surface area (Å²) in [7, 11) is 0. The van der Waals surface area contributed by atoms with E-state index >= 15 is 0 Å². The Bertz CT molecular complexity index is 784. The van der Waals surface area contributed by atoms with Crippen molar-refractivity contribution in [3.63, 3.8) is 0 Å². The number of carbonyl (C=O) groups excluding carboxylic acids is 1. The number of amides is 1. The fourth-order valence-electron chi connectivity index (χ4n) is 4.21. The van der Waals surface area contributed by atoms with Crippen LogP contribution in [0.4, 0.5) is 17.3 Å². The summed E-state index contributed by atoms with van der Waals surface area (Å²) in [4.78, 5) is 26.2. The molecule has 1 aromatic heterocycles. The quantitative estimate of drug-likeness (QED) is 0.847. The minimum atomic E-state index is -0.175. The molecule has 1 N–H and O–H groups in total. The molecule has 1 amide bonds. The molecule has 2 saturated heterocycles. The second-order valence-electron chi connectivity index (χ2n) is 7.72. The van der Waals surface area contributed by atoms with Gasteiger partial charge in [0, 0.05) is 49.4 Å². The minimum absolute atomic E-state index is 0.175. The maximum absolute atomic E-state index is 12.5. The summed E-state index contributed by atoms with van der Waals surface area (Å²) in [6, 6.07) is 8.56. The number of anilines is 3. The normalized spacial score (nSPS) is 19.7. The van der Waals surface area contributed by atoms with Gasteiger partial charge in [-0.15, -0.1) is 0 Å². The summed E-state index contributed by atoms with van der Waals surface area (Å²) in [6.07, 6.45) is 10.5. The van der Waals surface area contributed by atoms with Crippen LogP contribution >= 0.6 is 0 Å². The molecule has 1 unspecified atom stereocenters. The van der Waals surface area contributed by atoms with Crippen molar-refractivity contribution in [1.82, 2.24) is 9.97 Å². The summed E-state index contributed by atoms with van der Waals surface area (Å²) in [5.74, 6) is 0.559. The first-order valence-electron chi connectivity index (χ1n) is 10.5. The number of nitrogens with zero attached hydrogens (tertiary/aromatic N) is 4. The topological polar surface area (TPSA) is 61.4 Å². The molecular weight excluding hydrogens is 350 g/mol. The molecule has 0 spiro atoms. The number of aromatic nitrogens is 2. The molecule has 0 bridgehead atoms. The van der Waals surface area contributed by atoms with E-state index in [1.165, 1.54) is 37.8 Å². The summed E-state index contributed by atoms with van der Waals surface area (Å²) >= 11 is 0. The van der Waals surface area contributed by atoms with E-state index in [4.69, 9.17) is 0 Å². The summed E-state index contributed by atoms with van der Waals surface area (Å²) in [5.41, 5.74) is 2.49. The largest absolute Gasteiger partial charge is 0.372 e. The number of piperidine rings is 1. The second kappa shape index (κ2) is 8.59. The van der Waals surface area contributed by atoms with Gasteiger partial charge >= 0.3 is 0 Å². The third kappa shape index (κ3) is 4.11. The average Bonchev–Trinajstić information content (AvgIpc) is 3.29. The number of carbonyl (C=O) groups is 1. The highest BCUT2D eigenvalue weighted by Crippen LogP contribution is 2.24. The Balaban J connectivity index is 1.39. The van der Waals surface area contributed by atoms with E-state index in [9.17, 15) is 4.79 Å². The van der Waals surface area contributed by atoms with Gasteiger partial charge in [-0.3, -0.25) is 4.79 Å². The van der Waals surface area contributed by atoms with Crippen molar-refractivity contribution in [2.75, 3.05) is 34.8 Å². The molecule has 2 aromatic rings. The molecule has 28 heavy (non-hydrogen) atoms. The first-order valence-corrected chi connectivity index (χ1v) is 10.5. The number of hydrogen-bond donors (Lipinski definition) is 1. The monoisotopic (exact) mass is 379 g/mol. The molecule has 6 heteroatoms. The van der Waals surface area contributed by atoms with Gasteiger partial charge in [0.15, 0.2) is 0 Å². The summed E-state index contributed by atoms with van der Waals surface area (Å²) in [6.45, 7) is 5.43. The van der Waals surface area contributed by atoms with Gasteiger partial charge in [-0.25, -0.2) is 9.97 Å². The lowest BCUT2D eigenvalue weighted by atomic mass is 10.0. The molecule has 2 aliphatic rings. The third-order valence-electron chi connectivity index (χ3n) is 5.85. The van der Waals surface area contributed by atoms with Crippen molar-refractivity contribution in [3.8, 4) is 0 Å². The van der Waals surface area contributed by atoms with Crippen LogP contribution < -0.4 is 15.1 Å². The molecule has 0 radical (unpaired) electrons. The first-order chi connectivity index (χ1) is 13.7. The number of rotatable bonds is 5. The van der Waals surface area contributed by atoms with Crippen LogP contribution in [0.3, 0.4) is 0 Å². The van der Waals surface area contributed by atoms with Crippen molar-refractivity contribution in [3.05, 3.63) is 42.2 Å². The molecule has 6 nitrogen and oxygen atoms in total. The van der Waals surface area contributed by atoms with Gasteiger partial charge in [0.1, 0.15) is 0 Å². The van der Waals surface area contributed by atoms with Crippen LogP contribution in [0.1, 0.15) is 55.8 Å². The van der Waals surface area contributed by atoms with Crippen LogP contribution in [-0.2, 0) is 0 Å². The van der Waals surface area contributed by atoms with Crippen LogP contribution in [0, 0.1) is 0 Å². The highest BCUT2D eigenvalue weighted by Gasteiger charge is 2.23. The predicted octanol–water partition coefficient (Wildman–Crippen LogP) is 4.10. The fraction of sp³-hybridized carbons (Fsp3) is 0.500. The maximum atomic E-state index is 12.5. The highest BCUT2D eigenvalue weighted by molar-refractivity contribution is 6.03. The Morgan fingerprint density at radius 1 is 1.04 bits per heavy atom. The zero-order chi connectivity index (χ0) is 19.3. The Morgan fingerprint density at radius 3 is 2.39 bits per heavy atom. The summed E-state index contributed by atoms with van der Waals surface area (Å²) in [5, 5.41) is 2.94. The molecular formula is C22H29N5O. The minimum Gasteiger partial charge on any atom is -0.372 e. The second-order valence-corrected chi connectivity index (χ2v) is 7.72. The van der Waals surface area contributed by atoms with E-state index in [0.29, 0.717) is 11.6 Å². The van der Waals surface area contributed by atoms with Crippen LogP contribution in [0.15, 0.2) is 36.7 Å². The Morgan fingerprint density at radius 2 is 1.71 bits per heavy atom. The van der Waals surface area contributed by atoms with Gasteiger partial charge in [0.2, 0.25) is 5.95 Å². The molecule has 2 aliphatic heterocycles. The predicted molar refractivity (Wildman–Crippen MR) is 113 cm³/mol. The van der Waals surface area contributed by atoms with E-state index in [1.807, 2.05) is 12.1 Å². The summed E-state index contributed by atoms with van der Waals surface area (Å²) < 4.78 is 0. The van der Waals surface area contributed by atoms with Crippen LogP contribution in [-0.4, -0.2) is 41.6 Å². The Hall–Kier alpha value is -2.63. The molecule has 1 aromatic carbocycles. The lowest BCUT2D eigenvalue weighted by molar-refractivity contribution is 0.102. The van der Waals surface area contributed by atoms with E-state index in [1.54, 1.807) is 12.4 Å². The first kappa shape index (κ1) is 18.7. The van der Waals surface area contributed by atoms with E-state index < -0.39 is 0 Å². The SMILES string of the molecule is CCC1CCCCN1c1ncc(C(=O)Nc2ccc(N3CCCC3)cc2)cn1. The Kier molecular flexibility index (Phi) is 5.74. The Labute approximate surface area is 167 Å². The molecule has 0 aliphatic carbocycles. The van der Waals surface area contributed by atoms with E-state index in [0.717, 1.165) is 37.7 Å². The molecule has 3 heterocycles. The van der Waals surface area contributed by atoms with Crippen molar-refractivity contribution in [1.29, 1.82) is 0 Å². The molecule has 1 atom stereocenters. The number of nitrogens with one attached hydrogen (secondary N) is 1. The zero-order valence-electron chi connectivity index (χ0n) is 16.6. The standard InChI is InChI=1S/C22H29N5O/c1-2-19-7-3-4-14-27(19)22-23-15-17(16-24-22)21(28)25-18-8-10-20(11-9-18)26-12-5-6-13-26/h8-11,15-16,19H,2-7,12-14H2,1H3,(H,25,28). The molecule has 4 rings (SSSR count). The van der Waals surface area contributed by atoms with Crippen molar-refractivity contribution < 1.29 is 4.79 Å². The highest BCUT2D eigenvalue weighted by atomic mass is 16.1. The third-order valence-corrected chi connectivity index (χ3v) is 5.85. The van der Waals surface area contributed by atoms with Gasteiger partial charge in [-0.1, -0.05) is 6.92 Å². The average molecular weight is 380 g/mol. The lowest BCUT2D eigenvalue weighted by Gasteiger charge is -2.35. The van der Waals surface area contributed by atoms with Crippen LogP contribution in [0.2, 0.25) is 0 Å². The van der Waals surface area contributed by atoms with E-state index in [2.05, 4.69) is 44.1 Å². The van der Waals surface area contributed by atoms with Crippen LogP contribution in [0.25, 0.3) is 0 Å². The van der Waals surface area contributed by atoms with Gasteiger partial charge in [0.05, 0.1) is 5.56 Å². The molecule has 0 saturated carbocycles. The lowest BCUT2D eigenvalue weighted by Crippen LogP contribution is -2.40. The van der Waals surface area contributed by atoms with Gasteiger partial charge < -0.3 is 15.1 Å². The van der Waals surface area contributed by atoms with Gasteiger partial charge in [0.25, 0.3) is 5.91 Å². The smallest absolute Gasteiger partial charge is 0.258 e.